The van der Waals surface area contributed by atoms with Crippen molar-refractivity contribution in [3.05, 3.63) is 46.3 Å². The number of piperidine rings is 1. The molecule has 2 aromatic rings. The van der Waals surface area contributed by atoms with E-state index < -0.39 is 5.97 Å². The lowest BCUT2D eigenvalue weighted by Crippen LogP contribution is -2.48. The number of halogens is 1. The molecular formula is C22H27ClN2O3. The van der Waals surface area contributed by atoms with Crippen molar-refractivity contribution < 1.29 is 14.3 Å². The normalized spacial score (nSPS) is 25.3. The van der Waals surface area contributed by atoms with Gasteiger partial charge in [0.15, 0.2) is 0 Å². The highest BCUT2D eigenvalue weighted by molar-refractivity contribution is 6.31. The molecule has 0 saturated carbocycles. The summed E-state index contributed by atoms with van der Waals surface area (Å²) in [5, 5.41) is 1.99. The Morgan fingerprint density at radius 2 is 2.18 bits per heavy atom. The summed E-state index contributed by atoms with van der Waals surface area (Å²) in [5.41, 5.74) is 3.51. The van der Waals surface area contributed by atoms with Gasteiger partial charge in [0.25, 0.3) is 0 Å². The van der Waals surface area contributed by atoms with Crippen LogP contribution in [0.1, 0.15) is 43.5 Å². The van der Waals surface area contributed by atoms with Gasteiger partial charge in [-0.05, 0) is 56.0 Å². The molecule has 4 rings (SSSR count). The molecule has 5 nitrogen and oxygen atoms in total. The average Bonchev–Trinajstić information content (AvgIpc) is 3.08. The molecule has 0 bridgehead atoms. The van der Waals surface area contributed by atoms with Gasteiger partial charge in [-0.3, -0.25) is 4.90 Å². The molecular weight excluding hydrogens is 376 g/mol. The van der Waals surface area contributed by atoms with E-state index in [2.05, 4.69) is 22.9 Å². The number of rotatable bonds is 4. The van der Waals surface area contributed by atoms with Gasteiger partial charge in [-0.25, -0.2) is 4.79 Å². The molecule has 2 atom stereocenters. The molecule has 0 amide bonds. The zero-order valence-corrected chi connectivity index (χ0v) is 17.4. The second kappa shape index (κ2) is 7.45. The van der Waals surface area contributed by atoms with Crippen molar-refractivity contribution in [3.8, 4) is 0 Å². The maximum absolute atomic E-state index is 12.2. The molecule has 0 unspecified atom stereocenters. The number of nitrogens with zero attached hydrogens (tertiary/aromatic N) is 1. The van der Waals surface area contributed by atoms with Crippen molar-refractivity contribution in [1.29, 1.82) is 0 Å². The summed E-state index contributed by atoms with van der Waals surface area (Å²) in [6.45, 7) is 4.28. The van der Waals surface area contributed by atoms with E-state index in [0.717, 1.165) is 49.3 Å². The fraction of sp³-hybridized carbons (Fsp3) is 0.500. The van der Waals surface area contributed by atoms with Crippen LogP contribution in [0.3, 0.4) is 0 Å². The van der Waals surface area contributed by atoms with Gasteiger partial charge < -0.3 is 14.5 Å². The summed E-state index contributed by atoms with van der Waals surface area (Å²) >= 11 is 6.23. The molecule has 0 radical (unpaired) electrons. The molecule has 1 N–H and O–H groups in total. The van der Waals surface area contributed by atoms with Crippen molar-refractivity contribution >= 4 is 28.5 Å². The topological polar surface area (TPSA) is 54.6 Å². The molecule has 1 saturated heterocycles. The first-order valence-corrected chi connectivity index (χ1v) is 10.3. The van der Waals surface area contributed by atoms with E-state index in [1.54, 1.807) is 0 Å². The van der Waals surface area contributed by atoms with Crippen LogP contribution < -0.4 is 0 Å². The number of aromatic amines is 1. The van der Waals surface area contributed by atoms with Gasteiger partial charge in [-0.2, -0.15) is 0 Å². The van der Waals surface area contributed by atoms with Crippen molar-refractivity contribution in [2.45, 2.75) is 38.6 Å². The van der Waals surface area contributed by atoms with Crippen molar-refractivity contribution in [1.82, 2.24) is 9.88 Å². The van der Waals surface area contributed by atoms with Crippen LogP contribution in [0.5, 0.6) is 0 Å². The lowest BCUT2D eigenvalue weighted by Gasteiger charge is -2.50. The monoisotopic (exact) mass is 402 g/mol. The Morgan fingerprint density at radius 1 is 1.36 bits per heavy atom. The second-order valence-electron chi connectivity index (χ2n) is 7.79. The molecule has 2 aliphatic rings. The highest BCUT2D eigenvalue weighted by Gasteiger charge is 2.47. The third kappa shape index (κ3) is 3.01. The molecule has 150 valence electrons. The van der Waals surface area contributed by atoms with E-state index in [1.165, 1.54) is 30.9 Å². The number of carbonyl (C=O) groups excluding carboxylic acids is 1. The van der Waals surface area contributed by atoms with Gasteiger partial charge in [-0.1, -0.05) is 24.6 Å². The third-order valence-corrected chi connectivity index (χ3v) is 6.74. The molecule has 3 heterocycles. The standard InChI is InChI=1S/C22H27ClN2O3/c1-4-22(13-18(27-2)21(26)28-3)9-5-10-25-11-8-16-15-7-6-14(23)12-17(15)24-19(16)20(22)25/h6-7,12-13,20,24H,4-5,8-11H2,1-3H3/t20-,22+/m1/s1. The first-order valence-electron chi connectivity index (χ1n) is 9.92. The van der Waals surface area contributed by atoms with E-state index in [9.17, 15) is 4.79 Å². The fourth-order valence-corrected chi connectivity index (χ4v) is 5.32. The van der Waals surface area contributed by atoms with Crippen LogP contribution in [0.4, 0.5) is 0 Å². The SMILES string of the molecule is CC[C@@]1(C=C(OC)C(=O)OC)CCCN2CCc3c([nH]c4cc(Cl)ccc34)[C@@H]21. The summed E-state index contributed by atoms with van der Waals surface area (Å²) in [5.74, 6) is -0.135. The first kappa shape index (κ1) is 19.3. The summed E-state index contributed by atoms with van der Waals surface area (Å²) in [7, 11) is 2.92. The Kier molecular flexibility index (Phi) is 5.15. The molecule has 0 aliphatic carbocycles. The van der Waals surface area contributed by atoms with E-state index in [1.807, 2.05) is 18.2 Å². The van der Waals surface area contributed by atoms with Crippen LogP contribution in [-0.4, -0.2) is 43.2 Å². The highest BCUT2D eigenvalue weighted by Crippen LogP contribution is 2.53. The Labute approximate surface area is 170 Å². The lowest BCUT2D eigenvalue weighted by molar-refractivity contribution is -0.139. The fourth-order valence-electron chi connectivity index (χ4n) is 5.14. The molecule has 28 heavy (non-hydrogen) atoms. The third-order valence-electron chi connectivity index (χ3n) is 6.50. The minimum atomic E-state index is -0.424. The number of benzene rings is 1. The molecule has 1 fully saturated rings. The van der Waals surface area contributed by atoms with Gasteiger partial charge in [0.2, 0.25) is 5.76 Å². The number of hydrogen-bond acceptors (Lipinski definition) is 4. The van der Waals surface area contributed by atoms with Crippen LogP contribution in [0, 0.1) is 5.41 Å². The zero-order chi connectivity index (χ0) is 19.9. The van der Waals surface area contributed by atoms with Gasteiger partial charge in [0.05, 0.1) is 20.3 Å². The first-order chi connectivity index (χ1) is 13.5. The van der Waals surface area contributed by atoms with Crippen LogP contribution in [-0.2, 0) is 20.7 Å². The summed E-state index contributed by atoms with van der Waals surface area (Å²) in [6.07, 6.45) is 6.05. The van der Waals surface area contributed by atoms with Gasteiger partial charge in [-0.15, -0.1) is 0 Å². The van der Waals surface area contributed by atoms with Crippen molar-refractivity contribution in [2.24, 2.45) is 5.41 Å². The molecule has 6 heteroatoms. The van der Waals surface area contributed by atoms with Gasteiger partial charge in [0.1, 0.15) is 0 Å². The summed E-state index contributed by atoms with van der Waals surface area (Å²) in [4.78, 5) is 18.4. The van der Waals surface area contributed by atoms with E-state index in [0.29, 0.717) is 0 Å². The maximum atomic E-state index is 12.2. The molecule has 2 aliphatic heterocycles. The van der Waals surface area contributed by atoms with Crippen LogP contribution in [0.15, 0.2) is 30.0 Å². The van der Waals surface area contributed by atoms with Crippen molar-refractivity contribution in [2.75, 3.05) is 27.3 Å². The minimum Gasteiger partial charge on any atom is -0.490 e. The minimum absolute atomic E-state index is 0.177. The number of esters is 1. The number of H-pyrrole nitrogens is 1. The summed E-state index contributed by atoms with van der Waals surface area (Å²) < 4.78 is 10.3. The molecule has 1 aromatic carbocycles. The smallest absolute Gasteiger partial charge is 0.372 e. The predicted molar refractivity (Wildman–Crippen MR) is 110 cm³/mol. The molecule has 0 spiro atoms. The predicted octanol–water partition coefficient (Wildman–Crippen LogP) is 4.61. The number of methoxy groups -OCH3 is 2. The average molecular weight is 403 g/mol. The van der Waals surface area contributed by atoms with Crippen molar-refractivity contribution in [3.63, 3.8) is 0 Å². The Bertz CT molecular complexity index is 935. The summed E-state index contributed by atoms with van der Waals surface area (Å²) in [6, 6.07) is 6.25. The molecule has 1 aromatic heterocycles. The quantitative estimate of drug-likeness (QED) is 0.460. The number of ether oxygens (including phenoxy) is 2. The number of aromatic nitrogens is 1. The Morgan fingerprint density at radius 3 is 2.89 bits per heavy atom. The van der Waals surface area contributed by atoms with E-state index in [4.69, 9.17) is 21.1 Å². The number of carbonyl (C=O) groups is 1. The van der Waals surface area contributed by atoms with Gasteiger partial charge >= 0.3 is 5.97 Å². The van der Waals surface area contributed by atoms with E-state index >= 15 is 0 Å². The Hall–Kier alpha value is -1.98. The number of hydrogen-bond donors (Lipinski definition) is 1. The van der Waals surface area contributed by atoms with E-state index in [-0.39, 0.29) is 17.2 Å². The second-order valence-corrected chi connectivity index (χ2v) is 8.23. The number of fused-ring (bicyclic) bond motifs is 5. The number of nitrogens with one attached hydrogen (secondary N) is 1. The maximum Gasteiger partial charge on any atom is 0.372 e. The van der Waals surface area contributed by atoms with Crippen LogP contribution in [0.2, 0.25) is 5.02 Å². The van der Waals surface area contributed by atoms with Gasteiger partial charge in [0, 0.05) is 33.6 Å². The zero-order valence-electron chi connectivity index (χ0n) is 16.7. The highest BCUT2D eigenvalue weighted by atomic mass is 35.5. The van der Waals surface area contributed by atoms with Crippen LogP contribution >= 0.6 is 11.6 Å². The van der Waals surface area contributed by atoms with Crippen LogP contribution in [0.25, 0.3) is 10.9 Å². The largest absolute Gasteiger partial charge is 0.490 e. The lowest BCUT2D eigenvalue weighted by atomic mass is 9.67. The Balaban J connectivity index is 1.88.